The molecule has 0 saturated carbocycles. The van der Waals surface area contributed by atoms with Gasteiger partial charge in [0.2, 0.25) is 0 Å². The predicted octanol–water partition coefficient (Wildman–Crippen LogP) is 2.55. The number of likely N-dealkylation sites (tertiary alicyclic amines) is 1. The third kappa shape index (κ3) is 3.51. The average Bonchev–Trinajstić information content (AvgIpc) is 3.22. The van der Waals surface area contributed by atoms with E-state index in [0.717, 1.165) is 29.8 Å². The van der Waals surface area contributed by atoms with E-state index in [1.807, 2.05) is 13.8 Å². The smallest absolute Gasteiger partial charge is 0.318 e. The standard InChI is InChI=1S/C18H23FN4O2/c1-12(21-18(25)22-9-3-4-16(22)11-24)17-10-20-23(13(17)2)15-7-5-14(19)6-8-15/h5-8,10,12,16,24H,3-4,9,11H2,1-2H3,(H,21,25). The normalized spacial score (nSPS) is 18.4. The van der Waals surface area contributed by atoms with Crippen molar-refractivity contribution in [1.29, 1.82) is 0 Å². The Bertz CT molecular complexity index is 744. The van der Waals surface area contributed by atoms with Crippen molar-refractivity contribution in [2.24, 2.45) is 0 Å². The van der Waals surface area contributed by atoms with Gasteiger partial charge in [-0.25, -0.2) is 13.9 Å². The lowest BCUT2D eigenvalue weighted by Crippen LogP contribution is -2.44. The molecule has 1 aliphatic heterocycles. The number of amides is 2. The van der Waals surface area contributed by atoms with Crippen LogP contribution in [0.4, 0.5) is 9.18 Å². The minimum Gasteiger partial charge on any atom is -0.394 e. The van der Waals surface area contributed by atoms with Gasteiger partial charge in [-0.2, -0.15) is 5.10 Å². The second kappa shape index (κ2) is 7.23. The molecule has 0 aliphatic carbocycles. The molecule has 2 amide bonds. The van der Waals surface area contributed by atoms with E-state index in [0.29, 0.717) is 6.54 Å². The highest BCUT2D eigenvalue weighted by molar-refractivity contribution is 5.75. The lowest BCUT2D eigenvalue weighted by atomic mass is 10.1. The predicted molar refractivity (Wildman–Crippen MR) is 92.0 cm³/mol. The third-order valence-electron chi connectivity index (χ3n) is 4.77. The van der Waals surface area contributed by atoms with Gasteiger partial charge in [0.15, 0.2) is 0 Å². The molecule has 1 aliphatic rings. The van der Waals surface area contributed by atoms with Crippen LogP contribution in [-0.4, -0.2) is 45.0 Å². The highest BCUT2D eigenvalue weighted by Gasteiger charge is 2.29. The van der Waals surface area contributed by atoms with Crippen LogP contribution < -0.4 is 5.32 Å². The van der Waals surface area contributed by atoms with Crippen LogP contribution in [0.15, 0.2) is 30.5 Å². The summed E-state index contributed by atoms with van der Waals surface area (Å²) in [7, 11) is 0. The number of urea groups is 1. The number of aliphatic hydroxyl groups is 1. The molecule has 2 N–H and O–H groups in total. The molecule has 1 aromatic heterocycles. The second-order valence-electron chi connectivity index (χ2n) is 6.42. The number of carbonyl (C=O) groups is 1. The Kier molecular flexibility index (Phi) is 5.03. The van der Waals surface area contributed by atoms with Gasteiger partial charge in [-0.3, -0.25) is 0 Å². The Morgan fingerprint density at radius 2 is 2.16 bits per heavy atom. The van der Waals surface area contributed by atoms with Gasteiger partial charge in [0.25, 0.3) is 0 Å². The molecule has 0 bridgehead atoms. The Hall–Kier alpha value is -2.41. The maximum absolute atomic E-state index is 13.1. The van der Waals surface area contributed by atoms with E-state index < -0.39 is 0 Å². The van der Waals surface area contributed by atoms with Crippen LogP contribution in [0, 0.1) is 12.7 Å². The largest absolute Gasteiger partial charge is 0.394 e. The van der Waals surface area contributed by atoms with Crippen LogP contribution in [0.1, 0.15) is 37.1 Å². The number of hydrogen-bond donors (Lipinski definition) is 2. The zero-order valence-electron chi connectivity index (χ0n) is 14.4. The molecule has 2 aromatic rings. The molecule has 1 fully saturated rings. The molecule has 1 saturated heterocycles. The van der Waals surface area contributed by atoms with E-state index in [1.54, 1.807) is 27.9 Å². The Morgan fingerprint density at radius 1 is 1.44 bits per heavy atom. The SMILES string of the molecule is Cc1c(C(C)NC(=O)N2CCCC2CO)cnn1-c1ccc(F)cc1. The van der Waals surface area contributed by atoms with Crippen LogP contribution in [0.2, 0.25) is 0 Å². The van der Waals surface area contributed by atoms with Gasteiger partial charge < -0.3 is 15.3 Å². The van der Waals surface area contributed by atoms with E-state index in [1.165, 1.54) is 12.1 Å². The Morgan fingerprint density at radius 3 is 2.84 bits per heavy atom. The molecule has 2 atom stereocenters. The lowest BCUT2D eigenvalue weighted by Gasteiger charge is -2.25. The van der Waals surface area contributed by atoms with Crippen LogP contribution in [0.5, 0.6) is 0 Å². The number of hydrogen-bond acceptors (Lipinski definition) is 3. The summed E-state index contributed by atoms with van der Waals surface area (Å²) in [5.41, 5.74) is 2.56. The highest BCUT2D eigenvalue weighted by atomic mass is 19.1. The van der Waals surface area contributed by atoms with E-state index in [4.69, 9.17) is 0 Å². The van der Waals surface area contributed by atoms with Gasteiger partial charge in [0, 0.05) is 17.8 Å². The highest BCUT2D eigenvalue weighted by Crippen LogP contribution is 2.22. The fourth-order valence-electron chi connectivity index (χ4n) is 3.33. The number of aromatic nitrogens is 2. The van der Waals surface area contributed by atoms with Crippen LogP contribution >= 0.6 is 0 Å². The van der Waals surface area contributed by atoms with Crippen molar-refractivity contribution < 1.29 is 14.3 Å². The van der Waals surface area contributed by atoms with Crippen molar-refractivity contribution in [2.45, 2.75) is 38.8 Å². The van der Waals surface area contributed by atoms with E-state index in [-0.39, 0.29) is 30.5 Å². The second-order valence-corrected chi connectivity index (χ2v) is 6.42. The van der Waals surface area contributed by atoms with Crippen molar-refractivity contribution in [3.8, 4) is 5.69 Å². The summed E-state index contributed by atoms with van der Waals surface area (Å²) < 4.78 is 14.8. The molecular formula is C18H23FN4O2. The number of rotatable bonds is 4. The zero-order valence-corrected chi connectivity index (χ0v) is 14.4. The summed E-state index contributed by atoms with van der Waals surface area (Å²) in [6, 6.07) is 5.62. The molecule has 2 unspecified atom stereocenters. The van der Waals surface area contributed by atoms with Gasteiger partial charge in [-0.1, -0.05) is 0 Å². The fraction of sp³-hybridized carbons (Fsp3) is 0.444. The first kappa shape index (κ1) is 17.4. The van der Waals surface area contributed by atoms with Gasteiger partial charge in [0.1, 0.15) is 5.82 Å². The number of nitrogens with zero attached hydrogens (tertiary/aromatic N) is 3. The van der Waals surface area contributed by atoms with Gasteiger partial charge in [0.05, 0.1) is 30.6 Å². The summed E-state index contributed by atoms with van der Waals surface area (Å²) in [6.45, 7) is 4.47. The Labute approximate surface area is 146 Å². The van der Waals surface area contributed by atoms with Crippen molar-refractivity contribution in [1.82, 2.24) is 20.0 Å². The first-order chi connectivity index (χ1) is 12.0. The number of halogens is 1. The van der Waals surface area contributed by atoms with E-state index >= 15 is 0 Å². The molecule has 2 heterocycles. The molecule has 3 rings (SSSR count). The summed E-state index contributed by atoms with van der Waals surface area (Å²) in [4.78, 5) is 14.1. The monoisotopic (exact) mass is 346 g/mol. The molecule has 7 heteroatoms. The number of aliphatic hydroxyl groups excluding tert-OH is 1. The number of nitrogens with one attached hydrogen (secondary N) is 1. The van der Waals surface area contributed by atoms with Crippen LogP contribution in [0.3, 0.4) is 0 Å². The van der Waals surface area contributed by atoms with Gasteiger partial charge >= 0.3 is 6.03 Å². The zero-order chi connectivity index (χ0) is 18.0. The minimum absolute atomic E-state index is 0.0106. The fourth-order valence-corrected chi connectivity index (χ4v) is 3.33. The summed E-state index contributed by atoms with van der Waals surface area (Å²) in [5, 5.41) is 16.7. The maximum Gasteiger partial charge on any atom is 0.318 e. The van der Waals surface area contributed by atoms with Crippen LogP contribution in [-0.2, 0) is 0 Å². The van der Waals surface area contributed by atoms with E-state index in [2.05, 4.69) is 10.4 Å². The van der Waals surface area contributed by atoms with Crippen molar-refractivity contribution >= 4 is 6.03 Å². The first-order valence-electron chi connectivity index (χ1n) is 8.49. The quantitative estimate of drug-likeness (QED) is 0.894. The lowest BCUT2D eigenvalue weighted by molar-refractivity contribution is 0.155. The molecule has 6 nitrogen and oxygen atoms in total. The van der Waals surface area contributed by atoms with Gasteiger partial charge in [-0.15, -0.1) is 0 Å². The third-order valence-corrected chi connectivity index (χ3v) is 4.77. The van der Waals surface area contributed by atoms with Crippen molar-refractivity contribution in [2.75, 3.05) is 13.2 Å². The molecule has 134 valence electrons. The van der Waals surface area contributed by atoms with E-state index in [9.17, 15) is 14.3 Å². The minimum atomic E-state index is -0.293. The number of carbonyl (C=O) groups excluding carboxylic acids is 1. The van der Waals surface area contributed by atoms with Crippen molar-refractivity contribution in [3.05, 3.63) is 47.5 Å². The van der Waals surface area contributed by atoms with Crippen molar-refractivity contribution in [3.63, 3.8) is 0 Å². The first-order valence-corrected chi connectivity index (χ1v) is 8.49. The topological polar surface area (TPSA) is 70.4 Å². The molecular weight excluding hydrogens is 323 g/mol. The summed E-state index contributed by atoms with van der Waals surface area (Å²) in [6.07, 6.45) is 3.46. The van der Waals surface area contributed by atoms with Crippen LogP contribution in [0.25, 0.3) is 5.69 Å². The maximum atomic E-state index is 13.1. The Balaban J connectivity index is 1.73. The molecule has 1 aromatic carbocycles. The molecule has 25 heavy (non-hydrogen) atoms. The molecule has 0 spiro atoms. The summed E-state index contributed by atoms with van der Waals surface area (Å²) >= 11 is 0. The molecule has 0 radical (unpaired) electrons. The summed E-state index contributed by atoms with van der Waals surface area (Å²) in [5.74, 6) is -0.293. The van der Waals surface area contributed by atoms with Gasteiger partial charge in [-0.05, 0) is 51.0 Å². The number of benzene rings is 1. The average molecular weight is 346 g/mol.